The van der Waals surface area contributed by atoms with Crippen molar-refractivity contribution in [1.29, 1.82) is 0 Å². The molecule has 0 heterocycles. The lowest BCUT2D eigenvalue weighted by molar-refractivity contribution is -0.129. The van der Waals surface area contributed by atoms with E-state index < -0.39 is 0 Å². The Morgan fingerprint density at radius 1 is 1.00 bits per heavy atom. The quantitative estimate of drug-likeness (QED) is 0.492. The molecule has 0 atom stereocenters. The number of carbonyl (C=O) groups excluding carboxylic acids is 2. The van der Waals surface area contributed by atoms with Gasteiger partial charge in [0.2, 0.25) is 11.8 Å². The number of ether oxygens (including phenoxy) is 3. The SMILES string of the molecule is COCCCNC(=O)CC(=O)NCc1ccc(OC)c(OC)c1. The molecule has 2 amide bonds. The number of methoxy groups -OCH3 is 3. The highest BCUT2D eigenvalue weighted by Crippen LogP contribution is 2.27. The Morgan fingerprint density at radius 2 is 1.70 bits per heavy atom. The molecule has 0 unspecified atom stereocenters. The van der Waals surface area contributed by atoms with Crippen LogP contribution in [0.25, 0.3) is 0 Å². The van der Waals surface area contributed by atoms with Crippen LogP contribution in [0, 0.1) is 0 Å². The molecule has 0 bridgehead atoms. The van der Waals surface area contributed by atoms with Gasteiger partial charge in [0.1, 0.15) is 6.42 Å². The molecule has 7 heteroatoms. The second kappa shape index (κ2) is 10.4. The summed E-state index contributed by atoms with van der Waals surface area (Å²) in [4.78, 5) is 23.3. The van der Waals surface area contributed by atoms with Crippen molar-refractivity contribution in [3.05, 3.63) is 23.8 Å². The van der Waals surface area contributed by atoms with Crippen LogP contribution in [-0.4, -0.2) is 46.3 Å². The third-order valence-corrected chi connectivity index (χ3v) is 3.11. The van der Waals surface area contributed by atoms with Crippen molar-refractivity contribution in [3.63, 3.8) is 0 Å². The highest BCUT2D eigenvalue weighted by Gasteiger charge is 2.10. The Bertz CT molecular complexity index is 519. The largest absolute Gasteiger partial charge is 0.493 e. The Morgan fingerprint density at radius 3 is 2.35 bits per heavy atom. The van der Waals surface area contributed by atoms with Gasteiger partial charge in [0, 0.05) is 26.8 Å². The summed E-state index contributed by atoms with van der Waals surface area (Å²) in [6.07, 6.45) is 0.524. The molecular formula is C16H24N2O5. The molecule has 0 aliphatic heterocycles. The predicted molar refractivity (Wildman–Crippen MR) is 85.5 cm³/mol. The third-order valence-electron chi connectivity index (χ3n) is 3.11. The van der Waals surface area contributed by atoms with Gasteiger partial charge in [0.05, 0.1) is 14.2 Å². The fourth-order valence-electron chi connectivity index (χ4n) is 1.91. The second-order valence-corrected chi connectivity index (χ2v) is 4.84. The molecule has 0 aliphatic carbocycles. The fourth-order valence-corrected chi connectivity index (χ4v) is 1.91. The molecule has 1 aromatic rings. The smallest absolute Gasteiger partial charge is 0.229 e. The highest BCUT2D eigenvalue weighted by atomic mass is 16.5. The molecule has 1 aromatic carbocycles. The summed E-state index contributed by atoms with van der Waals surface area (Å²) in [6.45, 7) is 1.39. The first-order valence-corrected chi connectivity index (χ1v) is 7.34. The van der Waals surface area contributed by atoms with E-state index in [0.717, 1.165) is 12.0 Å². The molecule has 0 radical (unpaired) electrons. The van der Waals surface area contributed by atoms with Crippen LogP contribution in [0.1, 0.15) is 18.4 Å². The van der Waals surface area contributed by atoms with Crippen molar-refractivity contribution in [2.24, 2.45) is 0 Å². The molecule has 0 aromatic heterocycles. The van der Waals surface area contributed by atoms with Gasteiger partial charge in [0.15, 0.2) is 11.5 Å². The summed E-state index contributed by atoms with van der Waals surface area (Å²) in [6, 6.07) is 5.37. The topological polar surface area (TPSA) is 85.9 Å². The van der Waals surface area contributed by atoms with Crippen molar-refractivity contribution in [3.8, 4) is 11.5 Å². The van der Waals surface area contributed by atoms with Gasteiger partial charge in [-0.25, -0.2) is 0 Å². The summed E-state index contributed by atoms with van der Waals surface area (Å²) in [5.41, 5.74) is 0.858. The van der Waals surface area contributed by atoms with E-state index in [1.807, 2.05) is 6.07 Å². The molecule has 7 nitrogen and oxygen atoms in total. The zero-order valence-corrected chi connectivity index (χ0v) is 13.8. The molecule has 2 N–H and O–H groups in total. The number of nitrogens with one attached hydrogen (secondary N) is 2. The molecule has 1 rings (SSSR count). The van der Waals surface area contributed by atoms with Crippen LogP contribution in [0.15, 0.2) is 18.2 Å². The number of hydrogen-bond donors (Lipinski definition) is 2. The molecule has 128 valence electrons. The predicted octanol–water partition coefficient (Wildman–Crippen LogP) is 0.863. The average molecular weight is 324 g/mol. The normalized spacial score (nSPS) is 10.0. The minimum Gasteiger partial charge on any atom is -0.493 e. The van der Waals surface area contributed by atoms with Gasteiger partial charge in [0.25, 0.3) is 0 Å². The maximum atomic E-state index is 11.7. The minimum atomic E-state index is -0.330. The van der Waals surface area contributed by atoms with Gasteiger partial charge in [-0.2, -0.15) is 0 Å². The van der Waals surface area contributed by atoms with Gasteiger partial charge < -0.3 is 24.8 Å². The molecule has 0 saturated carbocycles. The monoisotopic (exact) mass is 324 g/mol. The van der Waals surface area contributed by atoms with E-state index in [-0.39, 0.29) is 18.2 Å². The van der Waals surface area contributed by atoms with Gasteiger partial charge in [-0.3, -0.25) is 9.59 Å². The number of carbonyl (C=O) groups is 2. The summed E-state index contributed by atoms with van der Waals surface area (Å²) >= 11 is 0. The third kappa shape index (κ3) is 7.01. The molecule has 0 aliphatic rings. The number of hydrogen-bond acceptors (Lipinski definition) is 5. The highest BCUT2D eigenvalue weighted by molar-refractivity contribution is 5.96. The lowest BCUT2D eigenvalue weighted by Gasteiger charge is -2.10. The minimum absolute atomic E-state index is 0.194. The van der Waals surface area contributed by atoms with E-state index in [9.17, 15) is 9.59 Å². The van der Waals surface area contributed by atoms with Crippen LogP contribution < -0.4 is 20.1 Å². The number of amides is 2. The van der Waals surface area contributed by atoms with E-state index in [1.54, 1.807) is 33.5 Å². The van der Waals surface area contributed by atoms with Crippen LogP contribution in [-0.2, 0) is 20.9 Å². The lowest BCUT2D eigenvalue weighted by Crippen LogP contribution is -2.32. The van der Waals surface area contributed by atoms with E-state index in [4.69, 9.17) is 14.2 Å². The standard InChI is InChI=1S/C16H24N2O5/c1-21-8-4-7-17-15(19)10-16(20)18-11-12-5-6-13(22-2)14(9-12)23-3/h5-6,9H,4,7-8,10-11H2,1-3H3,(H,17,19)(H,18,20). The van der Waals surface area contributed by atoms with Crippen molar-refractivity contribution in [1.82, 2.24) is 10.6 Å². The van der Waals surface area contributed by atoms with Gasteiger partial charge in [-0.05, 0) is 24.1 Å². The van der Waals surface area contributed by atoms with E-state index in [0.29, 0.717) is 31.2 Å². The van der Waals surface area contributed by atoms with E-state index in [1.165, 1.54) is 0 Å². The molecule has 0 saturated heterocycles. The van der Waals surface area contributed by atoms with Gasteiger partial charge >= 0.3 is 0 Å². The molecule has 23 heavy (non-hydrogen) atoms. The van der Waals surface area contributed by atoms with E-state index >= 15 is 0 Å². The maximum absolute atomic E-state index is 11.7. The summed E-state index contributed by atoms with van der Waals surface area (Å²) in [5.74, 6) is 0.586. The van der Waals surface area contributed by atoms with Crippen molar-refractivity contribution < 1.29 is 23.8 Å². The Kier molecular flexibility index (Phi) is 8.52. The van der Waals surface area contributed by atoms with Crippen molar-refractivity contribution >= 4 is 11.8 Å². The Balaban J connectivity index is 2.37. The summed E-state index contributed by atoms with van der Waals surface area (Å²) < 4.78 is 15.2. The molecule has 0 fully saturated rings. The van der Waals surface area contributed by atoms with Crippen LogP contribution in [0.2, 0.25) is 0 Å². The first-order chi connectivity index (χ1) is 11.1. The number of benzene rings is 1. The fraction of sp³-hybridized carbons (Fsp3) is 0.500. The first-order valence-electron chi connectivity index (χ1n) is 7.34. The van der Waals surface area contributed by atoms with Gasteiger partial charge in [-0.15, -0.1) is 0 Å². The summed E-state index contributed by atoms with van der Waals surface area (Å²) in [5, 5.41) is 5.36. The Hall–Kier alpha value is -2.28. The van der Waals surface area contributed by atoms with Crippen LogP contribution in [0.4, 0.5) is 0 Å². The zero-order valence-electron chi connectivity index (χ0n) is 13.8. The zero-order chi connectivity index (χ0) is 17.1. The van der Waals surface area contributed by atoms with Crippen LogP contribution in [0.3, 0.4) is 0 Å². The summed E-state index contributed by atoms with van der Waals surface area (Å²) in [7, 11) is 4.71. The maximum Gasteiger partial charge on any atom is 0.229 e. The van der Waals surface area contributed by atoms with E-state index in [2.05, 4.69) is 10.6 Å². The van der Waals surface area contributed by atoms with Crippen molar-refractivity contribution in [2.75, 3.05) is 34.5 Å². The molecular weight excluding hydrogens is 300 g/mol. The molecule has 0 spiro atoms. The first kappa shape index (κ1) is 18.8. The van der Waals surface area contributed by atoms with Crippen LogP contribution >= 0.6 is 0 Å². The Labute approximate surface area is 136 Å². The average Bonchev–Trinajstić information content (AvgIpc) is 2.56. The van der Waals surface area contributed by atoms with Crippen molar-refractivity contribution in [2.45, 2.75) is 19.4 Å². The lowest BCUT2D eigenvalue weighted by atomic mass is 10.2. The van der Waals surface area contributed by atoms with Gasteiger partial charge in [-0.1, -0.05) is 6.07 Å². The van der Waals surface area contributed by atoms with Crippen LogP contribution in [0.5, 0.6) is 11.5 Å². The number of rotatable bonds is 10. The second-order valence-electron chi connectivity index (χ2n) is 4.84.